The molecule has 6 heteroatoms. The highest BCUT2D eigenvalue weighted by atomic mass is 16.5. The maximum Gasteiger partial charge on any atom is 0.409 e. The number of carbonyl (C=O) groups is 2. The molecule has 0 aliphatic carbocycles. The number of methoxy groups -OCH3 is 1. The topological polar surface area (TPSA) is 61.9 Å². The van der Waals surface area contributed by atoms with Crippen LogP contribution in [0.3, 0.4) is 0 Å². The third-order valence-corrected chi connectivity index (χ3v) is 2.77. The van der Waals surface area contributed by atoms with Crippen LogP contribution >= 0.6 is 0 Å². The van der Waals surface area contributed by atoms with Crippen molar-refractivity contribution in [2.75, 3.05) is 46.4 Å². The molecule has 1 saturated heterocycles. The monoisotopic (exact) mass is 243 g/mol. The summed E-state index contributed by atoms with van der Waals surface area (Å²) in [4.78, 5) is 26.4. The summed E-state index contributed by atoms with van der Waals surface area (Å²) < 4.78 is 4.64. The Morgan fingerprint density at radius 3 is 2.29 bits per heavy atom. The number of carbonyl (C=O) groups excluding carboxylic acids is 2. The molecule has 0 unspecified atom stereocenters. The normalized spacial score (nSPS) is 15.9. The lowest BCUT2D eigenvalue weighted by molar-refractivity contribution is -0.131. The van der Waals surface area contributed by atoms with Crippen LogP contribution < -0.4 is 5.32 Å². The zero-order valence-electron chi connectivity index (χ0n) is 10.6. The van der Waals surface area contributed by atoms with Gasteiger partial charge in [0.1, 0.15) is 0 Å². The molecule has 0 saturated carbocycles. The Morgan fingerprint density at radius 2 is 1.76 bits per heavy atom. The van der Waals surface area contributed by atoms with Crippen molar-refractivity contribution >= 4 is 12.0 Å². The second-order valence-corrected chi connectivity index (χ2v) is 4.01. The summed E-state index contributed by atoms with van der Waals surface area (Å²) in [6.45, 7) is 5.56. The van der Waals surface area contributed by atoms with Crippen LogP contribution in [0.1, 0.15) is 13.3 Å². The van der Waals surface area contributed by atoms with Gasteiger partial charge in [-0.15, -0.1) is 0 Å². The first-order valence-electron chi connectivity index (χ1n) is 6.00. The molecule has 6 nitrogen and oxygen atoms in total. The van der Waals surface area contributed by atoms with Crippen molar-refractivity contribution in [3.05, 3.63) is 0 Å². The molecule has 17 heavy (non-hydrogen) atoms. The van der Waals surface area contributed by atoms with Gasteiger partial charge >= 0.3 is 6.09 Å². The fourth-order valence-electron chi connectivity index (χ4n) is 1.75. The summed E-state index contributed by atoms with van der Waals surface area (Å²) in [6.07, 6.45) is 0.699. The lowest BCUT2D eigenvalue weighted by Gasteiger charge is -2.33. The van der Waals surface area contributed by atoms with Crippen molar-refractivity contribution in [3.8, 4) is 0 Å². The average molecular weight is 243 g/mol. The molecular weight excluding hydrogens is 222 g/mol. The quantitative estimate of drug-likeness (QED) is 0.700. The zero-order valence-corrected chi connectivity index (χ0v) is 10.6. The number of amides is 2. The summed E-state index contributed by atoms with van der Waals surface area (Å²) in [7, 11) is 1.37. The van der Waals surface area contributed by atoms with E-state index >= 15 is 0 Å². The maximum absolute atomic E-state index is 11.7. The Hall–Kier alpha value is -1.30. The largest absolute Gasteiger partial charge is 0.453 e. The first-order valence-corrected chi connectivity index (χ1v) is 6.00. The summed E-state index contributed by atoms with van der Waals surface area (Å²) in [5.74, 6) is 0.1000. The minimum absolute atomic E-state index is 0.1000. The lowest BCUT2D eigenvalue weighted by atomic mass is 10.3. The second kappa shape index (κ2) is 7.11. The van der Waals surface area contributed by atoms with E-state index in [1.54, 1.807) is 9.80 Å². The van der Waals surface area contributed by atoms with Crippen LogP contribution in [0.25, 0.3) is 0 Å². The van der Waals surface area contributed by atoms with E-state index in [-0.39, 0.29) is 12.0 Å². The fourth-order valence-corrected chi connectivity index (χ4v) is 1.75. The van der Waals surface area contributed by atoms with Gasteiger partial charge < -0.3 is 19.9 Å². The second-order valence-electron chi connectivity index (χ2n) is 4.01. The molecule has 98 valence electrons. The molecule has 0 radical (unpaired) electrons. The first kappa shape index (κ1) is 13.8. The average Bonchev–Trinajstić information content (AvgIpc) is 2.38. The van der Waals surface area contributed by atoms with Crippen molar-refractivity contribution in [2.45, 2.75) is 13.3 Å². The molecule has 1 N–H and O–H groups in total. The Kier molecular flexibility index (Phi) is 5.76. The van der Waals surface area contributed by atoms with Crippen LogP contribution in [0.15, 0.2) is 0 Å². The standard InChI is InChI=1S/C11H21N3O3/c1-3-4-12-9-10(15)13-5-7-14(8-6-13)11(16)17-2/h12H,3-9H2,1-2H3. The third-order valence-electron chi connectivity index (χ3n) is 2.77. The van der Waals surface area contributed by atoms with Gasteiger partial charge in [0.05, 0.1) is 13.7 Å². The first-order chi connectivity index (χ1) is 8.19. The van der Waals surface area contributed by atoms with E-state index < -0.39 is 0 Å². The number of piperazine rings is 1. The molecule has 2 amide bonds. The summed E-state index contributed by atoms with van der Waals surface area (Å²) >= 11 is 0. The van der Waals surface area contributed by atoms with Crippen LogP contribution in [0.4, 0.5) is 4.79 Å². The molecule has 0 spiro atoms. The molecule has 1 aliphatic heterocycles. The van der Waals surface area contributed by atoms with Gasteiger partial charge in [-0.3, -0.25) is 4.79 Å². The SMILES string of the molecule is CCCNCC(=O)N1CCN(C(=O)OC)CC1. The highest BCUT2D eigenvalue weighted by Crippen LogP contribution is 2.03. The van der Waals surface area contributed by atoms with E-state index in [0.717, 1.165) is 13.0 Å². The van der Waals surface area contributed by atoms with Gasteiger partial charge in [-0.1, -0.05) is 6.92 Å². The van der Waals surface area contributed by atoms with Crippen LogP contribution in [-0.2, 0) is 9.53 Å². The van der Waals surface area contributed by atoms with Crippen molar-refractivity contribution in [3.63, 3.8) is 0 Å². The molecule has 1 rings (SSSR count). The van der Waals surface area contributed by atoms with Gasteiger partial charge in [0.2, 0.25) is 5.91 Å². The number of hydrogen-bond donors (Lipinski definition) is 1. The van der Waals surface area contributed by atoms with E-state index in [4.69, 9.17) is 0 Å². The van der Waals surface area contributed by atoms with E-state index in [0.29, 0.717) is 32.7 Å². The van der Waals surface area contributed by atoms with E-state index in [9.17, 15) is 9.59 Å². The minimum Gasteiger partial charge on any atom is -0.453 e. The van der Waals surface area contributed by atoms with E-state index in [1.165, 1.54) is 7.11 Å². The maximum atomic E-state index is 11.7. The molecule has 0 aromatic heterocycles. The Bertz CT molecular complexity index is 263. The lowest BCUT2D eigenvalue weighted by Crippen LogP contribution is -2.52. The minimum atomic E-state index is -0.318. The highest BCUT2D eigenvalue weighted by Gasteiger charge is 2.23. The third kappa shape index (κ3) is 4.22. The van der Waals surface area contributed by atoms with E-state index in [1.807, 2.05) is 0 Å². The van der Waals surface area contributed by atoms with Gasteiger partial charge in [0.25, 0.3) is 0 Å². The Labute approximate surface area is 102 Å². The molecule has 1 fully saturated rings. The molecule has 0 aromatic rings. The number of nitrogens with zero attached hydrogens (tertiary/aromatic N) is 2. The number of nitrogens with one attached hydrogen (secondary N) is 1. The Balaban J connectivity index is 2.26. The van der Waals surface area contributed by atoms with Crippen molar-refractivity contribution < 1.29 is 14.3 Å². The smallest absolute Gasteiger partial charge is 0.409 e. The van der Waals surface area contributed by atoms with Crippen LogP contribution in [0, 0.1) is 0 Å². The predicted octanol–water partition coefficient (Wildman–Crippen LogP) is -0.103. The summed E-state index contributed by atoms with van der Waals surface area (Å²) in [6, 6.07) is 0. The van der Waals surface area contributed by atoms with Crippen molar-refractivity contribution in [1.82, 2.24) is 15.1 Å². The van der Waals surface area contributed by atoms with Crippen LogP contribution in [0.5, 0.6) is 0 Å². The van der Waals surface area contributed by atoms with Gasteiger partial charge in [0.15, 0.2) is 0 Å². The van der Waals surface area contributed by atoms with Crippen molar-refractivity contribution in [1.29, 1.82) is 0 Å². The molecule has 0 atom stereocenters. The number of rotatable bonds is 4. The zero-order chi connectivity index (χ0) is 12.7. The van der Waals surface area contributed by atoms with Gasteiger partial charge in [-0.05, 0) is 13.0 Å². The highest BCUT2D eigenvalue weighted by molar-refractivity contribution is 5.78. The molecule has 1 aliphatic rings. The number of ether oxygens (including phenoxy) is 1. The van der Waals surface area contributed by atoms with Gasteiger partial charge in [-0.25, -0.2) is 4.79 Å². The van der Waals surface area contributed by atoms with Crippen molar-refractivity contribution in [2.24, 2.45) is 0 Å². The molecule has 1 heterocycles. The summed E-state index contributed by atoms with van der Waals surface area (Å²) in [5.41, 5.74) is 0. The van der Waals surface area contributed by atoms with Gasteiger partial charge in [0, 0.05) is 26.2 Å². The Morgan fingerprint density at radius 1 is 1.18 bits per heavy atom. The molecular formula is C11H21N3O3. The van der Waals surface area contributed by atoms with E-state index in [2.05, 4.69) is 17.0 Å². The summed E-state index contributed by atoms with van der Waals surface area (Å²) in [5, 5.41) is 3.08. The predicted molar refractivity (Wildman–Crippen MR) is 63.7 cm³/mol. The molecule has 0 bridgehead atoms. The molecule has 0 aromatic carbocycles. The van der Waals surface area contributed by atoms with Crippen LogP contribution in [-0.4, -0.2) is 68.2 Å². The fraction of sp³-hybridized carbons (Fsp3) is 0.818. The van der Waals surface area contributed by atoms with Crippen LogP contribution in [0.2, 0.25) is 0 Å². The number of hydrogen-bond acceptors (Lipinski definition) is 4. The van der Waals surface area contributed by atoms with Gasteiger partial charge in [-0.2, -0.15) is 0 Å².